The van der Waals surface area contributed by atoms with Gasteiger partial charge >= 0.3 is 11.9 Å². The lowest BCUT2D eigenvalue weighted by atomic mass is 10.1. The third-order valence-electron chi connectivity index (χ3n) is 3.28. The van der Waals surface area contributed by atoms with Crippen LogP contribution < -0.4 is 27.4 Å². The molecule has 0 aliphatic carbocycles. The first-order chi connectivity index (χ1) is 13.0. The molecule has 0 rings (SSSR count). The smallest absolute Gasteiger partial charge is 0.326 e. The molecule has 158 valence electrons. The Bertz CT molecular complexity index is 629. The fraction of sp³-hybridized carbons (Fsp3) is 0.571. The average molecular weight is 421 g/mol. The molecule has 0 heterocycles. The third-order valence-corrected chi connectivity index (χ3v) is 3.64. The SMILES string of the molecule is NC(=O)CC(N)C(=O)NC(CS)C(=O)NCC(=O)NC(CCC(=O)O)C(=O)O. The van der Waals surface area contributed by atoms with Gasteiger partial charge < -0.3 is 37.6 Å². The molecule has 9 N–H and O–H groups in total. The van der Waals surface area contributed by atoms with Crippen LogP contribution in [0.2, 0.25) is 0 Å². The molecular weight excluding hydrogens is 398 g/mol. The van der Waals surface area contributed by atoms with Gasteiger partial charge in [0.25, 0.3) is 0 Å². The summed E-state index contributed by atoms with van der Waals surface area (Å²) in [5.74, 6) is -6.11. The predicted molar refractivity (Wildman–Crippen MR) is 97.0 cm³/mol. The van der Waals surface area contributed by atoms with Gasteiger partial charge in [-0.2, -0.15) is 12.6 Å². The van der Waals surface area contributed by atoms with Gasteiger partial charge in [-0.1, -0.05) is 0 Å². The van der Waals surface area contributed by atoms with E-state index in [1.165, 1.54) is 0 Å². The van der Waals surface area contributed by atoms with Crippen LogP contribution in [0.5, 0.6) is 0 Å². The molecule has 0 fully saturated rings. The molecule has 3 atom stereocenters. The Morgan fingerprint density at radius 3 is 2.04 bits per heavy atom. The van der Waals surface area contributed by atoms with E-state index in [0.29, 0.717) is 0 Å². The Morgan fingerprint density at radius 2 is 1.57 bits per heavy atom. The Labute approximate surface area is 165 Å². The standard InChI is InChI=1S/C14H23N5O8S/c15-6(3-9(16)20)12(24)19-8(5-28)13(25)17-4-10(21)18-7(14(26)27)1-2-11(22)23/h6-8,28H,1-5,15H2,(H2,16,20)(H,17,25)(H,18,21)(H,19,24)(H,22,23)(H,26,27). The van der Waals surface area contributed by atoms with E-state index in [0.717, 1.165) is 0 Å². The number of carboxylic acids is 2. The van der Waals surface area contributed by atoms with Crippen molar-refractivity contribution < 1.29 is 39.0 Å². The van der Waals surface area contributed by atoms with E-state index in [1.807, 2.05) is 0 Å². The summed E-state index contributed by atoms with van der Waals surface area (Å²) in [6.45, 7) is -0.622. The van der Waals surface area contributed by atoms with Gasteiger partial charge in [0.15, 0.2) is 0 Å². The van der Waals surface area contributed by atoms with Gasteiger partial charge in [-0.25, -0.2) is 4.79 Å². The summed E-state index contributed by atoms with van der Waals surface area (Å²) < 4.78 is 0. The first-order valence-corrected chi connectivity index (χ1v) is 8.57. The molecule has 0 aliphatic heterocycles. The van der Waals surface area contributed by atoms with Crippen molar-refractivity contribution in [2.45, 2.75) is 37.4 Å². The maximum atomic E-state index is 12.0. The number of amides is 4. The first-order valence-electron chi connectivity index (χ1n) is 7.94. The highest BCUT2D eigenvalue weighted by molar-refractivity contribution is 7.80. The van der Waals surface area contributed by atoms with Gasteiger partial charge in [0.2, 0.25) is 23.6 Å². The molecule has 0 saturated heterocycles. The van der Waals surface area contributed by atoms with Crippen LogP contribution in [0.3, 0.4) is 0 Å². The van der Waals surface area contributed by atoms with E-state index in [2.05, 4.69) is 28.6 Å². The number of hydrogen-bond donors (Lipinski definition) is 8. The van der Waals surface area contributed by atoms with Crippen molar-refractivity contribution >= 4 is 48.2 Å². The number of carbonyl (C=O) groups is 6. The molecule has 0 spiro atoms. The predicted octanol–water partition coefficient (Wildman–Crippen LogP) is -3.85. The van der Waals surface area contributed by atoms with Gasteiger partial charge in [-0.05, 0) is 6.42 Å². The Balaban J connectivity index is 4.59. The zero-order valence-corrected chi connectivity index (χ0v) is 15.6. The zero-order chi connectivity index (χ0) is 21.9. The summed E-state index contributed by atoms with van der Waals surface area (Å²) in [6.07, 6.45) is -1.23. The van der Waals surface area contributed by atoms with E-state index in [-0.39, 0.29) is 12.2 Å². The van der Waals surface area contributed by atoms with Crippen molar-refractivity contribution in [3.8, 4) is 0 Å². The summed E-state index contributed by atoms with van der Waals surface area (Å²) in [5, 5.41) is 24.0. The second-order valence-electron chi connectivity index (χ2n) is 5.63. The number of carboxylic acid groups (broad SMARTS) is 2. The molecule has 28 heavy (non-hydrogen) atoms. The molecule has 13 nitrogen and oxygen atoms in total. The minimum Gasteiger partial charge on any atom is -0.481 e. The monoisotopic (exact) mass is 421 g/mol. The Kier molecular flexibility index (Phi) is 11.2. The number of aliphatic carboxylic acids is 2. The van der Waals surface area contributed by atoms with Crippen LogP contribution in [0, 0.1) is 0 Å². The van der Waals surface area contributed by atoms with E-state index in [9.17, 15) is 28.8 Å². The van der Waals surface area contributed by atoms with Gasteiger partial charge in [-0.15, -0.1) is 0 Å². The average Bonchev–Trinajstić information content (AvgIpc) is 2.59. The lowest BCUT2D eigenvalue weighted by Crippen LogP contribution is -2.54. The minimum atomic E-state index is -1.44. The van der Waals surface area contributed by atoms with Crippen LogP contribution in [0.15, 0.2) is 0 Å². The van der Waals surface area contributed by atoms with E-state index < -0.39 is 73.1 Å². The van der Waals surface area contributed by atoms with Crippen molar-refractivity contribution in [2.24, 2.45) is 11.5 Å². The van der Waals surface area contributed by atoms with Crippen LogP contribution in [-0.4, -0.2) is 76.2 Å². The molecule has 0 saturated carbocycles. The summed E-state index contributed by atoms with van der Waals surface area (Å²) >= 11 is 3.90. The van der Waals surface area contributed by atoms with E-state index in [1.54, 1.807) is 0 Å². The molecule has 0 aliphatic rings. The van der Waals surface area contributed by atoms with Crippen molar-refractivity contribution in [3.05, 3.63) is 0 Å². The number of primary amides is 1. The number of hydrogen-bond acceptors (Lipinski definition) is 8. The Morgan fingerprint density at radius 1 is 0.964 bits per heavy atom. The topological polar surface area (TPSA) is 231 Å². The highest BCUT2D eigenvalue weighted by Crippen LogP contribution is 1.98. The second kappa shape index (κ2) is 12.5. The molecule has 0 aromatic rings. The van der Waals surface area contributed by atoms with E-state index in [4.69, 9.17) is 21.7 Å². The van der Waals surface area contributed by atoms with Gasteiger partial charge in [0.05, 0.1) is 19.0 Å². The van der Waals surface area contributed by atoms with Crippen LogP contribution in [0.4, 0.5) is 0 Å². The first kappa shape index (κ1) is 25.1. The normalized spacial score (nSPS) is 13.5. The number of rotatable bonds is 13. The third kappa shape index (κ3) is 10.3. The molecular formula is C14H23N5O8S. The van der Waals surface area contributed by atoms with Crippen molar-refractivity contribution in [1.29, 1.82) is 0 Å². The van der Waals surface area contributed by atoms with Crippen LogP contribution in [0.25, 0.3) is 0 Å². The van der Waals surface area contributed by atoms with Crippen LogP contribution >= 0.6 is 12.6 Å². The van der Waals surface area contributed by atoms with Crippen molar-refractivity contribution in [1.82, 2.24) is 16.0 Å². The summed E-state index contributed by atoms with van der Waals surface area (Å²) in [6, 6.07) is -3.88. The summed E-state index contributed by atoms with van der Waals surface area (Å²) in [7, 11) is 0. The number of carbonyl (C=O) groups excluding carboxylic acids is 4. The van der Waals surface area contributed by atoms with Gasteiger partial charge in [-0.3, -0.25) is 24.0 Å². The lowest BCUT2D eigenvalue weighted by Gasteiger charge is -2.19. The molecule has 0 aromatic carbocycles. The number of nitrogens with two attached hydrogens (primary N) is 2. The van der Waals surface area contributed by atoms with E-state index >= 15 is 0 Å². The molecule has 0 radical (unpaired) electrons. The molecule has 0 bridgehead atoms. The number of nitrogens with one attached hydrogen (secondary N) is 3. The van der Waals surface area contributed by atoms with Gasteiger partial charge in [0.1, 0.15) is 12.1 Å². The lowest BCUT2D eigenvalue weighted by molar-refractivity contribution is -0.143. The Hall–Kier alpha value is -2.87. The maximum absolute atomic E-state index is 12.0. The highest BCUT2D eigenvalue weighted by atomic mass is 32.1. The van der Waals surface area contributed by atoms with Crippen molar-refractivity contribution in [2.75, 3.05) is 12.3 Å². The fourth-order valence-corrected chi connectivity index (χ4v) is 2.10. The summed E-state index contributed by atoms with van der Waals surface area (Å²) in [5.41, 5.74) is 10.4. The largest absolute Gasteiger partial charge is 0.481 e. The van der Waals surface area contributed by atoms with Crippen LogP contribution in [-0.2, 0) is 28.8 Å². The second-order valence-corrected chi connectivity index (χ2v) is 5.99. The molecule has 0 aromatic heterocycles. The van der Waals surface area contributed by atoms with Crippen LogP contribution in [0.1, 0.15) is 19.3 Å². The maximum Gasteiger partial charge on any atom is 0.326 e. The minimum absolute atomic E-state index is 0.154. The highest BCUT2D eigenvalue weighted by Gasteiger charge is 2.25. The molecule has 4 amide bonds. The fourth-order valence-electron chi connectivity index (χ4n) is 1.84. The van der Waals surface area contributed by atoms with Gasteiger partial charge in [0, 0.05) is 12.2 Å². The quantitative estimate of drug-likeness (QED) is 0.136. The summed E-state index contributed by atoms with van der Waals surface area (Å²) in [4.78, 5) is 67.8. The number of thiol groups is 1. The molecule has 14 heteroatoms. The van der Waals surface area contributed by atoms with Crippen molar-refractivity contribution in [3.63, 3.8) is 0 Å². The molecule has 3 unspecified atom stereocenters. The zero-order valence-electron chi connectivity index (χ0n) is 14.7.